The maximum absolute atomic E-state index is 9.80. The van der Waals surface area contributed by atoms with E-state index < -0.39 is 0 Å². The molecule has 0 spiro atoms. The first kappa shape index (κ1) is 15.3. The molecule has 2 aliphatic rings. The number of aliphatic hydroxyl groups is 1. The zero-order chi connectivity index (χ0) is 13.7. The molecule has 1 N–H and O–H groups in total. The lowest BCUT2D eigenvalue weighted by molar-refractivity contribution is 0.0405. The van der Waals surface area contributed by atoms with Crippen LogP contribution in [0.1, 0.15) is 44.9 Å². The maximum Gasteiger partial charge on any atom is 0.0499 e. The second kappa shape index (κ2) is 7.05. The molecule has 1 saturated carbocycles. The van der Waals surface area contributed by atoms with Crippen molar-refractivity contribution in [1.29, 1.82) is 0 Å². The minimum absolute atomic E-state index is 0.207. The van der Waals surface area contributed by atoms with E-state index in [9.17, 15) is 5.11 Å². The van der Waals surface area contributed by atoms with Crippen molar-refractivity contribution in [2.45, 2.75) is 44.9 Å². The van der Waals surface area contributed by atoms with Crippen molar-refractivity contribution in [3.63, 3.8) is 0 Å². The van der Waals surface area contributed by atoms with Crippen molar-refractivity contribution in [3.8, 4) is 0 Å². The van der Waals surface area contributed by atoms with Gasteiger partial charge in [-0.15, -0.1) is 0 Å². The fourth-order valence-electron chi connectivity index (χ4n) is 3.99. The summed E-state index contributed by atoms with van der Waals surface area (Å²) in [6.45, 7) is 5.20. The van der Waals surface area contributed by atoms with Crippen LogP contribution < -0.4 is 0 Å². The molecule has 112 valence electrons. The molecule has 19 heavy (non-hydrogen) atoms. The first-order valence-corrected chi connectivity index (χ1v) is 8.11. The second-order valence-corrected chi connectivity index (χ2v) is 7.16. The molecule has 3 heteroatoms. The lowest BCUT2D eigenvalue weighted by Gasteiger charge is -2.40. The highest BCUT2D eigenvalue weighted by molar-refractivity contribution is 4.85. The lowest BCUT2D eigenvalue weighted by atomic mass is 9.74. The summed E-state index contributed by atoms with van der Waals surface area (Å²) in [5.74, 6) is 0.862. The molecule has 1 heterocycles. The third-order valence-electron chi connectivity index (χ3n) is 5.26. The predicted octanol–water partition coefficient (Wildman–Crippen LogP) is 2.20. The van der Waals surface area contributed by atoms with E-state index >= 15 is 0 Å². The van der Waals surface area contributed by atoms with Gasteiger partial charge in [-0.2, -0.15) is 0 Å². The Bertz CT molecular complexity index is 255. The number of aliphatic hydroxyl groups excluding tert-OH is 1. The molecular weight excluding hydrogens is 236 g/mol. The molecule has 0 bridgehead atoms. The molecule has 0 atom stereocenters. The molecule has 0 radical (unpaired) electrons. The van der Waals surface area contributed by atoms with Crippen LogP contribution in [-0.2, 0) is 0 Å². The summed E-state index contributed by atoms with van der Waals surface area (Å²) in [4.78, 5) is 4.93. The van der Waals surface area contributed by atoms with Gasteiger partial charge in [-0.1, -0.05) is 19.3 Å². The van der Waals surface area contributed by atoms with Crippen molar-refractivity contribution in [2.75, 3.05) is 46.9 Å². The molecule has 2 rings (SSSR count). The number of piperidine rings is 1. The van der Waals surface area contributed by atoms with Crippen molar-refractivity contribution in [3.05, 3.63) is 0 Å². The number of hydrogen-bond donors (Lipinski definition) is 1. The van der Waals surface area contributed by atoms with Crippen molar-refractivity contribution in [1.82, 2.24) is 9.80 Å². The number of hydrogen-bond acceptors (Lipinski definition) is 3. The normalized spacial score (nSPS) is 25.9. The highest BCUT2D eigenvalue weighted by Gasteiger charge is 2.33. The average molecular weight is 268 g/mol. The minimum Gasteiger partial charge on any atom is -0.396 e. The fourth-order valence-corrected chi connectivity index (χ4v) is 3.99. The lowest BCUT2D eigenvalue weighted by Crippen LogP contribution is -2.43. The summed E-state index contributed by atoms with van der Waals surface area (Å²) < 4.78 is 0. The van der Waals surface area contributed by atoms with E-state index in [1.54, 1.807) is 0 Å². The SMILES string of the molecule is CN1CCC(CN(C)CC2(CO)CCCCC2)CC1. The third-order valence-corrected chi connectivity index (χ3v) is 5.26. The Morgan fingerprint density at radius 3 is 2.37 bits per heavy atom. The first-order valence-electron chi connectivity index (χ1n) is 8.11. The summed E-state index contributed by atoms with van der Waals surface area (Å²) in [7, 11) is 4.48. The fraction of sp³-hybridized carbons (Fsp3) is 1.00. The smallest absolute Gasteiger partial charge is 0.0499 e. The largest absolute Gasteiger partial charge is 0.396 e. The van der Waals surface area contributed by atoms with Crippen LogP contribution in [0.5, 0.6) is 0 Å². The van der Waals surface area contributed by atoms with E-state index in [2.05, 4.69) is 23.9 Å². The number of likely N-dealkylation sites (tertiary alicyclic amines) is 1. The van der Waals surface area contributed by atoms with Gasteiger partial charge in [0.15, 0.2) is 0 Å². The minimum atomic E-state index is 0.207. The van der Waals surface area contributed by atoms with Gasteiger partial charge in [-0.3, -0.25) is 0 Å². The molecule has 0 aromatic heterocycles. The molecule has 3 nitrogen and oxygen atoms in total. The molecule has 2 fully saturated rings. The van der Waals surface area contributed by atoms with Gasteiger partial charge < -0.3 is 14.9 Å². The summed E-state index contributed by atoms with van der Waals surface area (Å²) >= 11 is 0. The van der Waals surface area contributed by atoms with E-state index in [4.69, 9.17) is 0 Å². The predicted molar refractivity (Wildman–Crippen MR) is 80.3 cm³/mol. The monoisotopic (exact) mass is 268 g/mol. The molecule has 1 aliphatic carbocycles. The number of rotatable bonds is 5. The summed E-state index contributed by atoms with van der Waals surface area (Å²) in [6, 6.07) is 0. The molecular formula is C16H32N2O. The molecule has 0 unspecified atom stereocenters. The van der Waals surface area contributed by atoms with Crippen LogP contribution in [0, 0.1) is 11.3 Å². The van der Waals surface area contributed by atoms with Crippen LogP contribution in [0.4, 0.5) is 0 Å². The van der Waals surface area contributed by atoms with Crippen LogP contribution in [-0.4, -0.2) is 61.8 Å². The number of nitrogens with zero attached hydrogens (tertiary/aromatic N) is 2. The van der Waals surface area contributed by atoms with Crippen LogP contribution in [0.25, 0.3) is 0 Å². The van der Waals surface area contributed by atoms with Crippen molar-refractivity contribution in [2.24, 2.45) is 11.3 Å². The van der Waals surface area contributed by atoms with Crippen LogP contribution in [0.3, 0.4) is 0 Å². The van der Waals surface area contributed by atoms with Gasteiger partial charge in [-0.05, 0) is 58.8 Å². The Balaban J connectivity index is 1.77. The highest BCUT2D eigenvalue weighted by Crippen LogP contribution is 2.36. The Morgan fingerprint density at radius 1 is 1.16 bits per heavy atom. The third kappa shape index (κ3) is 4.44. The zero-order valence-electron chi connectivity index (χ0n) is 12.9. The molecule has 1 aliphatic heterocycles. The van der Waals surface area contributed by atoms with Gasteiger partial charge in [0.25, 0.3) is 0 Å². The van der Waals surface area contributed by atoms with E-state index in [-0.39, 0.29) is 5.41 Å². The Hall–Kier alpha value is -0.120. The van der Waals surface area contributed by atoms with Gasteiger partial charge >= 0.3 is 0 Å². The summed E-state index contributed by atoms with van der Waals surface area (Å²) in [6.07, 6.45) is 9.11. The van der Waals surface area contributed by atoms with Gasteiger partial charge in [0.2, 0.25) is 0 Å². The highest BCUT2D eigenvalue weighted by atomic mass is 16.3. The summed E-state index contributed by atoms with van der Waals surface area (Å²) in [5.41, 5.74) is 0.207. The van der Waals surface area contributed by atoms with Crippen LogP contribution in [0.2, 0.25) is 0 Å². The Labute approximate surface area is 119 Å². The zero-order valence-corrected chi connectivity index (χ0v) is 12.9. The van der Waals surface area contributed by atoms with Gasteiger partial charge in [0, 0.05) is 25.1 Å². The van der Waals surface area contributed by atoms with E-state index in [1.807, 2.05) is 0 Å². The van der Waals surface area contributed by atoms with E-state index in [1.165, 1.54) is 64.6 Å². The van der Waals surface area contributed by atoms with Gasteiger partial charge in [0.1, 0.15) is 0 Å². The quantitative estimate of drug-likeness (QED) is 0.828. The van der Waals surface area contributed by atoms with E-state index in [0.717, 1.165) is 12.5 Å². The van der Waals surface area contributed by atoms with E-state index in [0.29, 0.717) is 6.61 Å². The standard InChI is InChI=1S/C16H32N2O/c1-17-10-6-15(7-11-17)12-18(2)13-16(14-19)8-4-3-5-9-16/h15,19H,3-14H2,1-2H3. The Morgan fingerprint density at radius 2 is 1.79 bits per heavy atom. The first-order chi connectivity index (χ1) is 9.13. The summed E-state index contributed by atoms with van der Waals surface area (Å²) in [5, 5.41) is 9.80. The molecule has 0 amide bonds. The van der Waals surface area contributed by atoms with Gasteiger partial charge in [0.05, 0.1) is 0 Å². The topological polar surface area (TPSA) is 26.7 Å². The van der Waals surface area contributed by atoms with Gasteiger partial charge in [-0.25, -0.2) is 0 Å². The van der Waals surface area contributed by atoms with Crippen molar-refractivity contribution < 1.29 is 5.11 Å². The van der Waals surface area contributed by atoms with Crippen molar-refractivity contribution >= 4 is 0 Å². The van der Waals surface area contributed by atoms with Crippen LogP contribution >= 0.6 is 0 Å². The average Bonchev–Trinajstić information content (AvgIpc) is 2.42. The molecule has 0 aromatic carbocycles. The molecule has 1 saturated heterocycles. The molecule has 0 aromatic rings. The van der Waals surface area contributed by atoms with Crippen LogP contribution in [0.15, 0.2) is 0 Å². The maximum atomic E-state index is 9.80. The Kier molecular flexibility index (Phi) is 5.67. The second-order valence-electron chi connectivity index (χ2n) is 7.16.